The first-order valence-electron chi connectivity index (χ1n) is 9.26. The maximum absolute atomic E-state index is 13.1. The van der Waals surface area contributed by atoms with Gasteiger partial charge in [0, 0.05) is 10.6 Å². The van der Waals surface area contributed by atoms with Crippen LogP contribution in [0.3, 0.4) is 0 Å². The molecule has 2 aromatic carbocycles. The molecule has 1 N–H and O–H groups in total. The number of benzene rings is 2. The van der Waals surface area contributed by atoms with Gasteiger partial charge in [-0.25, -0.2) is 4.79 Å². The number of ether oxygens (including phenoxy) is 1. The lowest BCUT2D eigenvalue weighted by Crippen LogP contribution is -2.26. The van der Waals surface area contributed by atoms with E-state index < -0.39 is 17.5 Å². The number of carboxylic acids is 1. The van der Waals surface area contributed by atoms with Crippen LogP contribution < -0.4 is 10.2 Å². The lowest BCUT2D eigenvalue weighted by Gasteiger charge is -2.19. The molecule has 1 atom stereocenters. The summed E-state index contributed by atoms with van der Waals surface area (Å²) in [5.41, 5.74) is 2.38. The first-order valence-corrected chi connectivity index (χ1v) is 9.64. The minimum atomic E-state index is -1.22. The Bertz CT molecular complexity index is 1140. The topological polar surface area (TPSA) is 76.7 Å². The molecule has 0 bridgehead atoms. The maximum Gasteiger partial charge on any atom is 0.344 e. The van der Waals surface area contributed by atoms with Gasteiger partial charge in [-0.05, 0) is 42.5 Å². The third kappa shape index (κ3) is 4.15. The highest BCUT2D eigenvalue weighted by molar-refractivity contribution is 6.32. The molecule has 0 spiro atoms. The summed E-state index contributed by atoms with van der Waals surface area (Å²) in [4.78, 5) is 24.4. The number of hydrogen-bond acceptors (Lipinski definition) is 4. The molecule has 0 aliphatic carbocycles. The molecule has 6 heteroatoms. The van der Waals surface area contributed by atoms with Gasteiger partial charge in [-0.2, -0.15) is 0 Å². The average molecular weight is 415 g/mol. The molecule has 0 saturated heterocycles. The van der Waals surface area contributed by atoms with Crippen molar-refractivity contribution in [3.63, 3.8) is 0 Å². The van der Waals surface area contributed by atoms with Crippen LogP contribution in [0.5, 0.6) is 5.75 Å². The van der Waals surface area contributed by atoms with Crippen LogP contribution in [0, 0.1) is 6.92 Å². The highest BCUT2D eigenvalue weighted by atomic mass is 35.5. The van der Waals surface area contributed by atoms with Gasteiger partial charge in [0.1, 0.15) is 5.58 Å². The van der Waals surface area contributed by atoms with E-state index in [-0.39, 0.29) is 22.3 Å². The van der Waals surface area contributed by atoms with Crippen LogP contribution >= 0.6 is 11.6 Å². The van der Waals surface area contributed by atoms with Crippen LogP contribution in [0.25, 0.3) is 22.3 Å². The van der Waals surface area contributed by atoms with Crippen LogP contribution in [0.4, 0.5) is 0 Å². The summed E-state index contributed by atoms with van der Waals surface area (Å²) in [6, 6.07) is 10.8. The number of hydrogen-bond donors (Lipinski definition) is 1. The van der Waals surface area contributed by atoms with Crippen LogP contribution in [0.2, 0.25) is 5.02 Å². The van der Waals surface area contributed by atoms with Crippen molar-refractivity contribution >= 4 is 28.5 Å². The summed E-state index contributed by atoms with van der Waals surface area (Å²) in [5, 5.41) is 9.90. The van der Waals surface area contributed by atoms with Gasteiger partial charge in [0.25, 0.3) is 0 Å². The molecule has 152 valence electrons. The highest BCUT2D eigenvalue weighted by Gasteiger charge is 2.23. The second-order valence-electron chi connectivity index (χ2n) is 8.11. The zero-order valence-electron chi connectivity index (χ0n) is 17.0. The normalized spacial score (nSPS) is 12.8. The number of aliphatic carboxylic acids is 1. The van der Waals surface area contributed by atoms with E-state index in [1.54, 1.807) is 6.07 Å². The van der Waals surface area contributed by atoms with Crippen LogP contribution in [0.1, 0.15) is 38.8 Å². The number of halogens is 1. The fraction of sp³-hybridized carbons (Fsp3) is 0.304. The van der Waals surface area contributed by atoms with Crippen molar-refractivity contribution in [3.05, 3.63) is 62.8 Å². The molecule has 1 heterocycles. The summed E-state index contributed by atoms with van der Waals surface area (Å²) >= 11 is 6.17. The molecule has 0 aliphatic heterocycles. The molecular formula is C23H23ClO5. The summed E-state index contributed by atoms with van der Waals surface area (Å²) in [7, 11) is 0. The predicted octanol–water partition coefficient (Wildman–Crippen LogP) is 5.57. The Balaban J connectivity index is 2.27. The Kier molecular flexibility index (Phi) is 5.46. The molecule has 0 fully saturated rings. The molecular weight excluding hydrogens is 392 g/mol. The summed E-state index contributed by atoms with van der Waals surface area (Å²) in [5.74, 6) is -1.13. The third-order valence-corrected chi connectivity index (χ3v) is 5.19. The van der Waals surface area contributed by atoms with Gasteiger partial charge in [-0.3, -0.25) is 4.79 Å². The molecule has 29 heavy (non-hydrogen) atoms. The van der Waals surface area contributed by atoms with Gasteiger partial charge in [0.2, 0.25) is 11.2 Å². The first-order chi connectivity index (χ1) is 13.5. The van der Waals surface area contributed by atoms with Gasteiger partial charge in [-0.1, -0.05) is 56.6 Å². The SMILES string of the molecule is Cc1cc2oc(-c3ccc(C(C)(C)C)cc3)c(OC(C)C(=O)O)c(=O)c2cc1Cl. The van der Waals surface area contributed by atoms with Crippen LogP contribution in [-0.4, -0.2) is 17.2 Å². The van der Waals surface area contributed by atoms with E-state index in [2.05, 4.69) is 20.8 Å². The lowest BCUT2D eigenvalue weighted by atomic mass is 9.86. The van der Waals surface area contributed by atoms with Crippen molar-refractivity contribution < 1.29 is 19.1 Å². The van der Waals surface area contributed by atoms with Crippen LogP contribution in [-0.2, 0) is 10.2 Å². The number of rotatable bonds is 4. The third-order valence-electron chi connectivity index (χ3n) is 4.79. The summed E-state index contributed by atoms with van der Waals surface area (Å²) < 4.78 is 11.5. The Hall–Kier alpha value is -2.79. The van der Waals surface area contributed by atoms with E-state index in [9.17, 15) is 14.7 Å². The second kappa shape index (κ2) is 7.56. The minimum absolute atomic E-state index is 0.0340. The van der Waals surface area contributed by atoms with Gasteiger partial charge in [0.05, 0.1) is 5.39 Å². The van der Waals surface area contributed by atoms with E-state index in [0.717, 1.165) is 11.1 Å². The average Bonchev–Trinajstić information content (AvgIpc) is 2.64. The van der Waals surface area contributed by atoms with Crippen LogP contribution in [0.15, 0.2) is 45.6 Å². The lowest BCUT2D eigenvalue weighted by molar-refractivity contribution is -0.144. The maximum atomic E-state index is 13.1. The van der Waals surface area contributed by atoms with Gasteiger partial charge in [-0.15, -0.1) is 0 Å². The Morgan fingerprint density at radius 2 is 1.79 bits per heavy atom. The van der Waals surface area contributed by atoms with Crippen molar-refractivity contribution in [2.24, 2.45) is 0 Å². The monoisotopic (exact) mass is 414 g/mol. The zero-order valence-corrected chi connectivity index (χ0v) is 17.8. The van der Waals surface area contributed by atoms with Gasteiger partial charge in [0.15, 0.2) is 11.9 Å². The van der Waals surface area contributed by atoms with E-state index in [1.807, 2.05) is 31.2 Å². The molecule has 0 radical (unpaired) electrons. The Labute approximate surface area is 173 Å². The van der Waals surface area contributed by atoms with Crippen molar-refractivity contribution in [1.82, 2.24) is 0 Å². The molecule has 5 nitrogen and oxygen atoms in total. The molecule has 0 saturated carbocycles. The largest absolute Gasteiger partial charge is 0.479 e. The molecule has 1 unspecified atom stereocenters. The van der Waals surface area contributed by atoms with Gasteiger partial charge < -0.3 is 14.3 Å². The molecule has 3 aromatic rings. The highest BCUT2D eigenvalue weighted by Crippen LogP contribution is 2.34. The number of carbonyl (C=O) groups is 1. The van der Waals surface area contributed by atoms with Crippen molar-refractivity contribution in [2.75, 3.05) is 0 Å². The second-order valence-corrected chi connectivity index (χ2v) is 8.52. The molecule has 0 amide bonds. The van der Waals surface area contributed by atoms with Gasteiger partial charge >= 0.3 is 5.97 Å². The zero-order chi connectivity index (χ0) is 21.5. The smallest absolute Gasteiger partial charge is 0.344 e. The fourth-order valence-electron chi connectivity index (χ4n) is 2.94. The first kappa shape index (κ1) is 20.9. The summed E-state index contributed by atoms with van der Waals surface area (Å²) in [6.45, 7) is 9.49. The minimum Gasteiger partial charge on any atom is -0.479 e. The quantitative estimate of drug-likeness (QED) is 0.603. The standard InChI is InChI=1S/C23H23ClO5/c1-12-10-18-16(11-17(12)24)19(25)21(28-13(2)22(26)27)20(29-18)14-6-8-15(9-7-14)23(3,4)5/h6-11,13H,1-5H3,(H,26,27). The molecule has 0 aliphatic rings. The number of fused-ring (bicyclic) bond motifs is 1. The Morgan fingerprint density at radius 3 is 2.34 bits per heavy atom. The molecule has 1 aromatic heterocycles. The fourth-order valence-corrected chi connectivity index (χ4v) is 3.11. The van der Waals surface area contributed by atoms with Crippen molar-refractivity contribution in [2.45, 2.75) is 46.1 Å². The number of aryl methyl sites for hydroxylation is 1. The predicted molar refractivity (Wildman–Crippen MR) is 114 cm³/mol. The number of carboxylic acid groups (broad SMARTS) is 1. The van der Waals surface area contributed by atoms with Crippen molar-refractivity contribution in [1.29, 1.82) is 0 Å². The van der Waals surface area contributed by atoms with E-state index >= 15 is 0 Å². The van der Waals surface area contributed by atoms with E-state index in [1.165, 1.54) is 13.0 Å². The molecule has 3 rings (SSSR count). The Morgan fingerprint density at radius 1 is 1.17 bits per heavy atom. The van der Waals surface area contributed by atoms with E-state index in [4.69, 9.17) is 20.8 Å². The summed E-state index contributed by atoms with van der Waals surface area (Å²) in [6.07, 6.45) is -1.22. The van der Waals surface area contributed by atoms with E-state index in [0.29, 0.717) is 16.2 Å². The van der Waals surface area contributed by atoms with Crippen molar-refractivity contribution in [3.8, 4) is 17.1 Å².